The van der Waals surface area contributed by atoms with Crippen LogP contribution in [0.3, 0.4) is 0 Å². The number of aryl methyl sites for hydroxylation is 1. The number of thiophene rings is 1. The molecule has 0 fully saturated rings. The van der Waals surface area contributed by atoms with Crippen molar-refractivity contribution in [3.8, 4) is 5.69 Å². The Labute approximate surface area is 206 Å². The number of nitrogens with zero attached hydrogens (tertiary/aromatic N) is 3. The lowest BCUT2D eigenvalue weighted by Crippen LogP contribution is -2.35. The van der Waals surface area contributed by atoms with Crippen molar-refractivity contribution < 1.29 is 0 Å². The summed E-state index contributed by atoms with van der Waals surface area (Å²) in [5, 5.41) is 1.69. The molecule has 3 aromatic rings. The Morgan fingerprint density at radius 3 is 2.55 bits per heavy atom. The standard InChI is InChI=1S/C27H37N3OS2/c1-5-6-7-8-9-10-17-32-27-28-25-24(22-15-16-29(19(2)3)18-23(22)33-25)26(31)30(27)21-13-11-20(4)12-14-21/h11-14,19H,5-10,15-18H2,1-4H3. The van der Waals surface area contributed by atoms with Crippen molar-refractivity contribution in [1.29, 1.82) is 0 Å². The molecule has 1 aliphatic heterocycles. The van der Waals surface area contributed by atoms with E-state index in [1.165, 1.54) is 54.5 Å². The molecule has 3 heterocycles. The Bertz CT molecular complexity index is 1130. The molecule has 1 aromatic carbocycles. The van der Waals surface area contributed by atoms with Crippen molar-refractivity contribution >= 4 is 33.3 Å². The number of benzene rings is 1. The van der Waals surface area contributed by atoms with Gasteiger partial charge in [-0.2, -0.15) is 0 Å². The van der Waals surface area contributed by atoms with Crippen LogP contribution in [0.25, 0.3) is 15.9 Å². The maximum absolute atomic E-state index is 13.9. The summed E-state index contributed by atoms with van der Waals surface area (Å²) < 4.78 is 1.87. The normalized spacial score (nSPS) is 14.3. The second kappa shape index (κ2) is 11.2. The first-order valence-electron chi connectivity index (χ1n) is 12.5. The minimum absolute atomic E-state index is 0.102. The molecule has 1 aliphatic rings. The van der Waals surface area contributed by atoms with Crippen LogP contribution in [0.4, 0.5) is 0 Å². The molecule has 0 aliphatic carbocycles. The topological polar surface area (TPSA) is 38.1 Å². The third kappa shape index (κ3) is 5.55. The van der Waals surface area contributed by atoms with Crippen LogP contribution in [0.5, 0.6) is 0 Å². The number of thioether (sulfide) groups is 1. The van der Waals surface area contributed by atoms with Gasteiger partial charge in [0, 0.05) is 29.8 Å². The second-order valence-corrected chi connectivity index (χ2v) is 11.6. The van der Waals surface area contributed by atoms with Gasteiger partial charge in [-0.1, -0.05) is 68.5 Å². The molecule has 0 unspecified atom stereocenters. The van der Waals surface area contributed by atoms with Gasteiger partial charge in [0.1, 0.15) is 4.83 Å². The highest BCUT2D eigenvalue weighted by Crippen LogP contribution is 2.35. The molecule has 2 aromatic heterocycles. The lowest BCUT2D eigenvalue weighted by atomic mass is 10.0. The van der Waals surface area contributed by atoms with Crippen molar-refractivity contribution in [1.82, 2.24) is 14.5 Å². The van der Waals surface area contributed by atoms with Gasteiger partial charge in [0.2, 0.25) is 0 Å². The van der Waals surface area contributed by atoms with Crippen molar-refractivity contribution in [3.63, 3.8) is 0 Å². The van der Waals surface area contributed by atoms with Gasteiger partial charge in [0.25, 0.3) is 5.56 Å². The van der Waals surface area contributed by atoms with Gasteiger partial charge >= 0.3 is 0 Å². The van der Waals surface area contributed by atoms with E-state index in [1.807, 2.05) is 4.57 Å². The molecule has 0 N–H and O–H groups in total. The third-order valence-electron chi connectivity index (χ3n) is 6.62. The largest absolute Gasteiger partial charge is 0.296 e. The Morgan fingerprint density at radius 1 is 1.09 bits per heavy atom. The zero-order valence-electron chi connectivity index (χ0n) is 20.5. The Kier molecular flexibility index (Phi) is 8.31. The monoisotopic (exact) mass is 483 g/mol. The molecule has 0 bridgehead atoms. The van der Waals surface area contributed by atoms with Crippen molar-refractivity contribution in [2.75, 3.05) is 12.3 Å². The lowest BCUT2D eigenvalue weighted by molar-refractivity contribution is 0.206. The summed E-state index contributed by atoms with van der Waals surface area (Å²) in [6, 6.07) is 8.79. The van der Waals surface area contributed by atoms with Crippen molar-refractivity contribution in [3.05, 3.63) is 50.6 Å². The summed E-state index contributed by atoms with van der Waals surface area (Å²) in [4.78, 5) is 23.7. The molecule has 0 radical (unpaired) electrons. The summed E-state index contributed by atoms with van der Waals surface area (Å²) in [6.45, 7) is 10.8. The van der Waals surface area contributed by atoms with Crippen LogP contribution < -0.4 is 5.56 Å². The number of hydrogen-bond acceptors (Lipinski definition) is 5. The molecule has 4 nitrogen and oxygen atoms in total. The predicted octanol–water partition coefficient (Wildman–Crippen LogP) is 6.97. The summed E-state index contributed by atoms with van der Waals surface area (Å²) in [7, 11) is 0. The summed E-state index contributed by atoms with van der Waals surface area (Å²) in [5.41, 5.74) is 3.45. The zero-order chi connectivity index (χ0) is 23.4. The van der Waals surface area contributed by atoms with E-state index < -0.39 is 0 Å². The Hall–Kier alpha value is -1.63. The molecule has 0 amide bonds. The fraction of sp³-hybridized carbons (Fsp3) is 0.556. The number of unbranched alkanes of at least 4 members (excludes halogenated alkanes) is 5. The SMILES string of the molecule is CCCCCCCCSc1nc2sc3c(c2c(=O)n1-c1ccc(C)cc1)CCN(C(C)C)C3. The van der Waals surface area contributed by atoms with E-state index in [2.05, 4.69) is 56.9 Å². The van der Waals surface area contributed by atoms with Crippen LogP contribution in [0.1, 0.15) is 75.3 Å². The van der Waals surface area contributed by atoms with Crippen molar-refractivity contribution in [2.24, 2.45) is 0 Å². The van der Waals surface area contributed by atoms with E-state index in [-0.39, 0.29) is 5.56 Å². The highest BCUT2D eigenvalue weighted by atomic mass is 32.2. The maximum atomic E-state index is 13.9. The quantitative estimate of drug-likeness (QED) is 0.177. The minimum atomic E-state index is 0.102. The molecule has 0 spiro atoms. The van der Waals surface area contributed by atoms with Crippen LogP contribution in [0, 0.1) is 6.92 Å². The maximum Gasteiger partial charge on any atom is 0.267 e. The summed E-state index contributed by atoms with van der Waals surface area (Å²) in [6.07, 6.45) is 8.59. The molecule has 0 saturated carbocycles. The predicted molar refractivity (Wildman–Crippen MR) is 143 cm³/mol. The second-order valence-electron chi connectivity index (χ2n) is 9.48. The fourth-order valence-corrected chi connectivity index (χ4v) is 6.85. The van der Waals surface area contributed by atoms with Gasteiger partial charge < -0.3 is 0 Å². The number of aromatic nitrogens is 2. The average molecular weight is 484 g/mol. The molecule has 0 saturated heterocycles. The number of fused-ring (bicyclic) bond motifs is 3. The van der Waals surface area contributed by atoms with Gasteiger partial charge in [0.05, 0.1) is 11.1 Å². The van der Waals surface area contributed by atoms with Gasteiger partial charge in [-0.3, -0.25) is 14.3 Å². The molecule has 33 heavy (non-hydrogen) atoms. The molecule has 178 valence electrons. The number of hydrogen-bond donors (Lipinski definition) is 0. The van der Waals surface area contributed by atoms with E-state index in [1.54, 1.807) is 23.1 Å². The summed E-state index contributed by atoms with van der Waals surface area (Å²) >= 11 is 3.47. The minimum Gasteiger partial charge on any atom is -0.296 e. The molecule has 4 rings (SSSR count). The molecular formula is C27H37N3OS2. The van der Waals surface area contributed by atoms with Gasteiger partial charge in [-0.15, -0.1) is 11.3 Å². The highest BCUT2D eigenvalue weighted by Gasteiger charge is 2.26. The first-order valence-corrected chi connectivity index (χ1v) is 14.3. The Balaban J connectivity index is 1.67. The van der Waals surface area contributed by atoms with Crippen LogP contribution in [0.2, 0.25) is 0 Å². The van der Waals surface area contributed by atoms with Gasteiger partial charge in [0.15, 0.2) is 5.16 Å². The lowest BCUT2D eigenvalue weighted by Gasteiger charge is -2.30. The average Bonchev–Trinajstić information content (AvgIpc) is 3.17. The molecular weight excluding hydrogens is 446 g/mol. The van der Waals surface area contributed by atoms with E-state index in [0.29, 0.717) is 6.04 Å². The molecule has 0 atom stereocenters. The smallest absolute Gasteiger partial charge is 0.267 e. The highest BCUT2D eigenvalue weighted by molar-refractivity contribution is 7.99. The van der Waals surface area contributed by atoms with Crippen molar-refractivity contribution in [2.45, 2.75) is 90.4 Å². The van der Waals surface area contributed by atoms with E-state index in [9.17, 15) is 4.79 Å². The summed E-state index contributed by atoms with van der Waals surface area (Å²) in [5.74, 6) is 1.00. The van der Waals surface area contributed by atoms with Crippen LogP contribution in [-0.2, 0) is 13.0 Å². The van der Waals surface area contributed by atoms with Crippen LogP contribution >= 0.6 is 23.1 Å². The first kappa shape index (κ1) is 24.5. The Morgan fingerprint density at radius 2 is 1.82 bits per heavy atom. The fourth-order valence-electron chi connectivity index (χ4n) is 4.55. The number of rotatable bonds is 10. The van der Waals surface area contributed by atoms with E-state index >= 15 is 0 Å². The van der Waals surface area contributed by atoms with Crippen LogP contribution in [-0.4, -0.2) is 32.8 Å². The van der Waals surface area contributed by atoms with E-state index in [4.69, 9.17) is 4.98 Å². The zero-order valence-corrected chi connectivity index (χ0v) is 22.2. The van der Waals surface area contributed by atoms with E-state index in [0.717, 1.165) is 46.3 Å². The molecule has 6 heteroatoms. The van der Waals surface area contributed by atoms with Crippen LogP contribution in [0.15, 0.2) is 34.2 Å². The van der Waals surface area contributed by atoms with Gasteiger partial charge in [-0.05, 0) is 51.3 Å². The van der Waals surface area contributed by atoms with Gasteiger partial charge in [-0.25, -0.2) is 4.98 Å². The third-order valence-corrected chi connectivity index (χ3v) is 8.76. The first-order chi connectivity index (χ1) is 16.0.